The summed E-state index contributed by atoms with van der Waals surface area (Å²) in [5.41, 5.74) is 1.58. The maximum atomic E-state index is 10.9. The highest BCUT2D eigenvalue weighted by atomic mass is 32.2. The van der Waals surface area contributed by atoms with Crippen molar-refractivity contribution in [2.75, 3.05) is 0 Å². The van der Waals surface area contributed by atoms with Gasteiger partial charge >= 0.3 is 0 Å². The minimum absolute atomic E-state index is 0.408. The van der Waals surface area contributed by atoms with E-state index in [1.54, 1.807) is 13.0 Å². The monoisotopic (exact) mass is 195 g/mol. The number of aromatic amines is 1. The van der Waals surface area contributed by atoms with Gasteiger partial charge in [-0.1, -0.05) is 18.2 Å². The molecule has 1 aromatic carbocycles. The number of fused-ring (bicyclic) bond motifs is 1. The standard InChI is InChI=1S/C9H9NO2S/c1-6-9(13(11)12)7-4-2-3-5-8(7)10-6/h2-5,10,13H,1H3. The molecule has 0 saturated carbocycles. The van der Waals surface area contributed by atoms with Crippen LogP contribution in [0.25, 0.3) is 10.9 Å². The van der Waals surface area contributed by atoms with E-state index in [4.69, 9.17) is 0 Å². The summed E-state index contributed by atoms with van der Waals surface area (Å²) in [6.45, 7) is 1.76. The summed E-state index contributed by atoms with van der Waals surface area (Å²) < 4.78 is 21.8. The van der Waals surface area contributed by atoms with Gasteiger partial charge in [-0.05, 0) is 13.0 Å². The zero-order valence-corrected chi connectivity index (χ0v) is 7.97. The van der Waals surface area contributed by atoms with Crippen molar-refractivity contribution in [1.82, 2.24) is 4.98 Å². The number of thiol groups is 1. The van der Waals surface area contributed by atoms with E-state index in [1.165, 1.54) is 0 Å². The number of nitrogens with one attached hydrogen (secondary N) is 1. The summed E-state index contributed by atoms with van der Waals surface area (Å²) in [4.78, 5) is 3.43. The van der Waals surface area contributed by atoms with E-state index < -0.39 is 10.7 Å². The molecule has 0 fully saturated rings. The van der Waals surface area contributed by atoms with E-state index >= 15 is 0 Å². The number of aromatic nitrogens is 1. The molecule has 2 rings (SSSR count). The van der Waals surface area contributed by atoms with Crippen molar-refractivity contribution in [2.24, 2.45) is 0 Å². The molecule has 0 aliphatic carbocycles. The van der Waals surface area contributed by atoms with Crippen molar-refractivity contribution in [3.8, 4) is 0 Å². The first-order valence-electron chi connectivity index (χ1n) is 3.92. The SMILES string of the molecule is Cc1[nH]c2ccccc2c1[SH](=O)=O. The molecule has 0 unspecified atom stereocenters. The van der Waals surface area contributed by atoms with Crippen molar-refractivity contribution in [3.05, 3.63) is 30.0 Å². The average Bonchev–Trinajstić information content (AvgIpc) is 2.39. The Morgan fingerprint density at radius 2 is 1.92 bits per heavy atom. The highest BCUT2D eigenvalue weighted by molar-refractivity contribution is 7.72. The molecule has 13 heavy (non-hydrogen) atoms. The van der Waals surface area contributed by atoms with Gasteiger partial charge in [-0.25, -0.2) is 8.42 Å². The van der Waals surface area contributed by atoms with Crippen molar-refractivity contribution in [2.45, 2.75) is 11.8 Å². The zero-order valence-electron chi connectivity index (χ0n) is 7.07. The predicted molar refractivity (Wildman–Crippen MR) is 51.6 cm³/mol. The van der Waals surface area contributed by atoms with Gasteiger partial charge in [-0.2, -0.15) is 0 Å². The molecular formula is C9H9NO2S. The smallest absolute Gasteiger partial charge is 0.170 e. The molecule has 1 N–H and O–H groups in total. The molecular weight excluding hydrogens is 186 g/mol. The first-order chi connectivity index (χ1) is 6.20. The highest BCUT2D eigenvalue weighted by Crippen LogP contribution is 2.22. The number of H-pyrrole nitrogens is 1. The Labute approximate surface area is 77.3 Å². The lowest BCUT2D eigenvalue weighted by Crippen LogP contribution is -1.80. The van der Waals surface area contributed by atoms with Crippen LogP contribution in [-0.2, 0) is 10.7 Å². The number of aryl methyl sites for hydroxylation is 1. The molecule has 0 atom stereocenters. The lowest BCUT2D eigenvalue weighted by molar-refractivity contribution is 0.615. The third kappa shape index (κ3) is 1.23. The molecule has 68 valence electrons. The first-order valence-corrected chi connectivity index (χ1v) is 5.09. The fraction of sp³-hybridized carbons (Fsp3) is 0.111. The molecule has 1 heterocycles. The summed E-state index contributed by atoms with van der Waals surface area (Å²) in [6.07, 6.45) is 0. The Bertz CT molecular complexity index is 517. The lowest BCUT2D eigenvalue weighted by Gasteiger charge is -1.88. The van der Waals surface area contributed by atoms with E-state index in [9.17, 15) is 8.42 Å². The van der Waals surface area contributed by atoms with E-state index in [2.05, 4.69) is 4.98 Å². The van der Waals surface area contributed by atoms with Gasteiger partial charge in [-0.15, -0.1) is 0 Å². The molecule has 2 aromatic rings. The van der Waals surface area contributed by atoms with Crippen LogP contribution in [0.5, 0.6) is 0 Å². The Morgan fingerprint density at radius 3 is 2.62 bits per heavy atom. The number of benzene rings is 1. The number of para-hydroxylation sites is 1. The van der Waals surface area contributed by atoms with Crippen molar-refractivity contribution < 1.29 is 8.42 Å². The molecule has 0 amide bonds. The van der Waals surface area contributed by atoms with Crippen LogP contribution in [0.3, 0.4) is 0 Å². The summed E-state index contributed by atoms with van der Waals surface area (Å²) in [5.74, 6) is 0. The van der Waals surface area contributed by atoms with Crippen LogP contribution in [-0.4, -0.2) is 13.4 Å². The number of rotatable bonds is 1. The molecule has 3 nitrogen and oxygen atoms in total. The third-order valence-corrected chi connectivity index (χ3v) is 2.98. The minimum Gasteiger partial charge on any atom is -0.358 e. The largest absolute Gasteiger partial charge is 0.358 e. The fourth-order valence-electron chi connectivity index (χ4n) is 1.50. The van der Waals surface area contributed by atoms with Crippen LogP contribution < -0.4 is 0 Å². The molecule has 1 aromatic heterocycles. The fourth-order valence-corrected chi connectivity index (χ4v) is 2.22. The topological polar surface area (TPSA) is 49.9 Å². The lowest BCUT2D eigenvalue weighted by atomic mass is 10.2. The van der Waals surface area contributed by atoms with E-state index in [1.807, 2.05) is 18.2 Å². The van der Waals surface area contributed by atoms with Gasteiger partial charge in [0.15, 0.2) is 10.7 Å². The summed E-state index contributed by atoms with van der Waals surface area (Å²) in [7, 11) is -2.51. The normalized spacial score (nSPS) is 11.2. The van der Waals surface area contributed by atoms with E-state index in [0.29, 0.717) is 10.6 Å². The van der Waals surface area contributed by atoms with Crippen molar-refractivity contribution in [1.29, 1.82) is 0 Å². The Kier molecular flexibility index (Phi) is 1.84. The maximum Gasteiger partial charge on any atom is 0.170 e. The van der Waals surface area contributed by atoms with Gasteiger partial charge in [0, 0.05) is 16.6 Å². The third-order valence-electron chi connectivity index (χ3n) is 2.04. The van der Waals surface area contributed by atoms with Gasteiger partial charge in [0.05, 0.1) is 4.90 Å². The molecule has 0 aliphatic rings. The zero-order chi connectivity index (χ0) is 9.42. The molecule has 0 saturated heterocycles. The quantitative estimate of drug-likeness (QED) is 0.676. The van der Waals surface area contributed by atoms with Gasteiger partial charge in [0.2, 0.25) is 0 Å². The Balaban J connectivity index is 2.94. The molecule has 0 bridgehead atoms. The average molecular weight is 195 g/mol. The predicted octanol–water partition coefficient (Wildman–Crippen LogP) is 1.45. The van der Waals surface area contributed by atoms with Crippen molar-refractivity contribution in [3.63, 3.8) is 0 Å². The molecule has 4 heteroatoms. The van der Waals surface area contributed by atoms with E-state index in [0.717, 1.165) is 10.9 Å². The van der Waals surface area contributed by atoms with Gasteiger partial charge in [-0.3, -0.25) is 0 Å². The van der Waals surface area contributed by atoms with Crippen molar-refractivity contribution >= 4 is 21.6 Å². The number of hydrogen-bond donors (Lipinski definition) is 2. The van der Waals surface area contributed by atoms with Crippen LogP contribution in [0.2, 0.25) is 0 Å². The Morgan fingerprint density at radius 1 is 1.23 bits per heavy atom. The molecule has 0 spiro atoms. The Hall–Kier alpha value is -1.29. The second-order valence-electron chi connectivity index (χ2n) is 2.90. The second-order valence-corrected chi connectivity index (χ2v) is 3.86. The van der Waals surface area contributed by atoms with E-state index in [-0.39, 0.29) is 0 Å². The summed E-state index contributed by atoms with van der Waals surface area (Å²) in [6, 6.07) is 7.38. The summed E-state index contributed by atoms with van der Waals surface area (Å²) in [5, 5.41) is 0.774. The van der Waals surface area contributed by atoms with Gasteiger partial charge < -0.3 is 4.98 Å². The summed E-state index contributed by atoms with van der Waals surface area (Å²) >= 11 is 0. The van der Waals surface area contributed by atoms with Crippen LogP contribution in [0.1, 0.15) is 5.69 Å². The maximum absolute atomic E-state index is 10.9. The van der Waals surface area contributed by atoms with Crippen LogP contribution in [0.4, 0.5) is 0 Å². The van der Waals surface area contributed by atoms with Crippen LogP contribution >= 0.6 is 0 Å². The minimum atomic E-state index is -2.51. The second kappa shape index (κ2) is 2.88. The van der Waals surface area contributed by atoms with Crippen LogP contribution in [0, 0.1) is 6.92 Å². The van der Waals surface area contributed by atoms with Gasteiger partial charge in [0.1, 0.15) is 0 Å². The molecule has 0 radical (unpaired) electrons. The van der Waals surface area contributed by atoms with Gasteiger partial charge in [0.25, 0.3) is 0 Å². The van der Waals surface area contributed by atoms with Crippen LogP contribution in [0.15, 0.2) is 29.2 Å². The number of hydrogen-bond acceptors (Lipinski definition) is 2. The first kappa shape index (κ1) is 8.31. The molecule has 0 aliphatic heterocycles. The highest BCUT2D eigenvalue weighted by Gasteiger charge is 2.08.